The predicted molar refractivity (Wildman–Crippen MR) is 143 cm³/mol. The van der Waals surface area contributed by atoms with Crippen LogP contribution in [0.4, 0.5) is 5.69 Å². The minimum atomic E-state index is -0.167. The minimum absolute atomic E-state index is 0.167. The van der Waals surface area contributed by atoms with Gasteiger partial charge in [-0.2, -0.15) is 4.99 Å². The van der Waals surface area contributed by atoms with Gasteiger partial charge >= 0.3 is 0 Å². The summed E-state index contributed by atoms with van der Waals surface area (Å²) in [6.45, 7) is 6.30. The maximum absolute atomic E-state index is 12.7. The number of carbonyl (C=O) groups excluding carboxylic acids is 1. The molecule has 6 heteroatoms. The molecule has 5 nitrogen and oxygen atoms in total. The Balaban J connectivity index is 1.25. The van der Waals surface area contributed by atoms with Crippen LogP contribution in [0.2, 0.25) is 0 Å². The molecule has 0 aliphatic carbocycles. The van der Waals surface area contributed by atoms with Gasteiger partial charge in [-0.15, -0.1) is 0 Å². The molecule has 5 rings (SSSR count). The molecule has 2 aliphatic rings. The number of anilines is 1. The number of fused-ring (bicyclic) bond motifs is 1. The molecule has 0 N–H and O–H groups in total. The Hall–Kier alpha value is -3.25. The lowest BCUT2D eigenvalue weighted by Gasteiger charge is -2.37. The molecule has 0 atom stereocenters. The van der Waals surface area contributed by atoms with Crippen molar-refractivity contribution in [2.24, 2.45) is 4.99 Å². The van der Waals surface area contributed by atoms with Crippen molar-refractivity contribution in [1.29, 1.82) is 0 Å². The first-order valence-electron chi connectivity index (χ1n) is 11.9. The van der Waals surface area contributed by atoms with E-state index in [-0.39, 0.29) is 5.91 Å². The Kier molecular flexibility index (Phi) is 6.86. The van der Waals surface area contributed by atoms with E-state index < -0.39 is 0 Å². The van der Waals surface area contributed by atoms with E-state index in [1.165, 1.54) is 28.2 Å². The van der Waals surface area contributed by atoms with Crippen LogP contribution in [0.1, 0.15) is 25.3 Å². The molecule has 0 bridgehead atoms. The van der Waals surface area contributed by atoms with E-state index in [4.69, 9.17) is 4.74 Å². The zero-order valence-electron chi connectivity index (χ0n) is 19.4. The van der Waals surface area contributed by atoms with Crippen LogP contribution in [0.5, 0.6) is 5.75 Å². The summed E-state index contributed by atoms with van der Waals surface area (Å²) in [5.74, 6) is 0.647. The Morgan fingerprint density at radius 3 is 2.53 bits per heavy atom. The number of nitrogens with zero attached hydrogens (tertiary/aromatic N) is 3. The number of amidine groups is 1. The molecule has 174 valence electrons. The number of hydrogen-bond acceptors (Lipinski definition) is 5. The van der Waals surface area contributed by atoms with Crippen LogP contribution in [-0.2, 0) is 4.79 Å². The van der Waals surface area contributed by atoms with Crippen molar-refractivity contribution in [3.63, 3.8) is 0 Å². The van der Waals surface area contributed by atoms with Crippen LogP contribution in [0.3, 0.4) is 0 Å². The Morgan fingerprint density at radius 2 is 1.68 bits per heavy atom. The average molecular weight is 472 g/mol. The van der Waals surface area contributed by atoms with E-state index in [1.54, 1.807) is 0 Å². The third-order valence-corrected chi connectivity index (χ3v) is 7.27. The van der Waals surface area contributed by atoms with Gasteiger partial charge < -0.3 is 14.5 Å². The van der Waals surface area contributed by atoms with Gasteiger partial charge in [-0.05, 0) is 41.8 Å². The molecule has 1 fully saturated rings. The highest BCUT2D eigenvalue weighted by molar-refractivity contribution is 8.18. The molecule has 3 aromatic carbocycles. The number of benzene rings is 3. The summed E-state index contributed by atoms with van der Waals surface area (Å²) in [5.41, 5.74) is 2.20. The number of carbonyl (C=O) groups is 1. The second-order valence-corrected chi connectivity index (χ2v) is 9.53. The van der Waals surface area contributed by atoms with E-state index in [2.05, 4.69) is 64.2 Å². The summed E-state index contributed by atoms with van der Waals surface area (Å²) < 4.78 is 5.93. The van der Waals surface area contributed by atoms with Crippen LogP contribution < -0.4 is 9.64 Å². The van der Waals surface area contributed by atoms with Crippen molar-refractivity contribution >= 4 is 45.4 Å². The van der Waals surface area contributed by atoms with Crippen LogP contribution in [0.25, 0.3) is 16.8 Å². The highest BCUT2D eigenvalue weighted by Crippen LogP contribution is 2.34. The number of thioether (sulfide) groups is 1. The second-order valence-electron chi connectivity index (χ2n) is 8.52. The fourth-order valence-electron chi connectivity index (χ4n) is 4.35. The summed E-state index contributed by atoms with van der Waals surface area (Å²) >= 11 is 1.47. The molecule has 0 aromatic heterocycles. The minimum Gasteiger partial charge on any atom is -0.493 e. The number of piperazine rings is 1. The summed E-state index contributed by atoms with van der Waals surface area (Å²) in [5, 5.41) is 3.35. The van der Waals surface area contributed by atoms with Crippen molar-refractivity contribution in [1.82, 2.24) is 4.90 Å². The molecule has 2 aliphatic heterocycles. The SMILES string of the molecule is CCCCOc1ccccc1C=C1SC(N2CCN(c3cccc4ccccc34)CC2)=NC1=O. The molecule has 1 amide bonds. The number of unbranched alkanes of at least 4 members (excludes halogenated alkanes) is 1. The Morgan fingerprint density at radius 1 is 0.941 bits per heavy atom. The first kappa shape index (κ1) is 22.5. The highest BCUT2D eigenvalue weighted by Gasteiger charge is 2.29. The van der Waals surface area contributed by atoms with Gasteiger partial charge in [-0.3, -0.25) is 4.79 Å². The molecule has 0 saturated carbocycles. The second kappa shape index (κ2) is 10.3. The number of amides is 1. The summed E-state index contributed by atoms with van der Waals surface area (Å²) in [7, 11) is 0. The van der Waals surface area contributed by atoms with Crippen molar-refractivity contribution in [3.05, 3.63) is 77.2 Å². The van der Waals surface area contributed by atoms with Gasteiger partial charge in [0.1, 0.15) is 5.75 Å². The predicted octanol–water partition coefficient (Wildman–Crippen LogP) is 5.81. The van der Waals surface area contributed by atoms with Crippen molar-refractivity contribution in [3.8, 4) is 5.75 Å². The number of ether oxygens (including phenoxy) is 1. The number of aliphatic imine (C=N–C) groups is 1. The van der Waals surface area contributed by atoms with E-state index in [0.29, 0.717) is 11.5 Å². The molecule has 2 heterocycles. The highest BCUT2D eigenvalue weighted by atomic mass is 32.2. The molecule has 0 unspecified atom stereocenters. The van der Waals surface area contributed by atoms with Gasteiger partial charge in [0.05, 0.1) is 11.5 Å². The Labute approximate surface area is 205 Å². The van der Waals surface area contributed by atoms with Crippen LogP contribution in [0, 0.1) is 0 Å². The molecule has 34 heavy (non-hydrogen) atoms. The zero-order chi connectivity index (χ0) is 23.3. The monoisotopic (exact) mass is 471 g/mol. The summed E-state index contributed by atoms with van der Waals surface area (Å²) in [4.78, 5) is 22.4. The van der Waals surface area contributed by atoms with E-state index in [9.17, 15) is 4.79 Å². The van der Waals surface area contributed by atoms with Crippen LogP contribution >= 0.6 is 11.8 Å². The average Bonchev–Trinajstić information content (AvgIpc) is 3.25. The zero-order valence-corrected chi connectivity index (χ0v) is 20.3. The number of para-hydroxylation sites is 1. The molecule has 0 radical (unpaired) electrons. The number of rotatable bonds is 6. The van der Waals surface area contributed by atoms with Gasteiger partial charge in [0.25, 0.3) is 5.91 Å². The maximum Gasteiger partial charge on any atom is 0.286 e. The van der Waals surface area contributed by atoms with Crippen molar-refractivity contribution in [2.45, 2.75) is 19.8 Å². The summed E-state index contributed by atoms with van der Waals surface area (Å²) in [6.07, 6.45) is 4.01. The first-order valence-corrected chi connectivity index (χ1v) is 12.8. The maximum atomic E-state index is 12.7. The third-order valence-electron chi connectivity index (χ3n) is 6.23. The lowest BCUT2D eigenvalue weighted by molar-refractivity contribution is -0.113. The smallest absolute Gasteiger partial charge is 0.286 e. The van der Waals surface area contributed by atoms with E-state index in [1.807, 2.05) is 30.3 Å². The largest absolute Gasteiger partial charge is 0.493 e. The van der Waals surface area contributed by atoms with Crippen LogP contribution in [-0.4, -0.2) is 48.8 Å². The van der Waals surface area contributed by atoms with Gasteiger partial charge in [-0.1, -0.05) is 67.9 Å². The van der Waals surface area contributed by atoms with Gasteiger partial charge in [0, 0.05) is 42.8 Å². The standard InChI is InChI=1S/C28H29N3O2S/c1-2-3-19-33-25-14-7-5-10-22(25)20-26-27(32)29-28(34-26)31-17-15-30(16-18-31)24-13-8-11-21-9-4-6-12-23(21)24/h4-14,20H,2-3,15-19H2,1H3. The lowest BCUT2D eigenvalue weighted by Crippen LogP contribution is -2.47. The number of hydrogen-bond donors (Lipinski definition) is 0. The van der Waals surface area contributed by atoms with E-state index in [0.717, 1.165) is 55.5 Å². The molecular formula is C28H29N3O2S. The molecule has 0 spiro atoms. The molecule has 1 saturated heterocycles. The first-order chi connectivity index (χ1) is 16.7. The van der Waals surface area contributed by atoms with Crippen molar-refractivity contribution < 1.29 is 9.53 Å². The Bertz CT molecular complexity index is 1240. The molecule has 3 aromatic rings. The quantitative estimate of drug-likeness (QED) is 0.335. The van der Waals surface area contributed by atoms with Crippen molar-refractivity contribution in [2.75, 3.05) is 37.7 Å². The van der Waals surface area contributed by atoms with Gasteiger partial charge in [0.2, 0.25) is 0 Å². The lowest BCUT2D eigenvalue weighted by atomic mass is 10.1. The summed E-state index contributed by atoms with van der Waals surface area (Å²) in [6, 6.07) is 22.9. The fourth-order valence-corrected chi connectivity index (χ4v) is 5.31. The van der Waals surface area contributed by atoms with Gasteiger partial charge in [0.15, 0.2) is 5.17 Å². The fraction of sp³-hybridized carbons (Fsp3) is 0.286. The third kappa shape index (κ3) is 4.82. The van der Waals surface area contributed by atoms with Gasteiger partial charge in [-0.25, -0.2) is 0 Å². The topological polar surface area (TPSA) is 45.1 Å². The van der Waals surface area contributed by atoms with Crippen LogP contribution in [0.15, 0.2) is 76.6 Å². The normalized spacial score (nSPS) is 17.5. The molecular weight excluding hydrogens is 442 g/mol. The van der Waals surface area contributed by atoms with E-state index >= 15 is 0 Å².